The monoisotopic (exact) mass is 187 g/mol. The van der Waals surface area contributed by atoms with Gasteiger partial charge in [0.05, 0.1) is 0 Å². The van der Waals surface area contributed by atoms with Crippen LogP contribution in [0.5, 0.6) is 0 Å². The summed E-state index contributed by atoms with van der Waals surface area (Å²) in [5, 5.41) is 3.49. The molecule has 2 aromatic heterocycles. The minimum absolute atomic E-state index is 0.539. The van der Waals surface area contributed by atoms with Gasteiger partial charge in [-0.15, -0.1) is 0 Å². The molecule has 3 heteroatoms. The first-order valence-corrected chi connectivity index (χ1v) is 5.09. The van der Waals surface area contributed by atoms with E-state index in [0.29, 0.717) is 6.04 Å². The molecular weight excluding hydrogens is 174 g/mol. The molecule has 1 saturated heterocycles. The number of hydrogen-bond acceptors (Lipinski definition) is 2. The van der Waals surface area contributed by atoms with Crippen LogP contribution >= 0.6 is 0 Å². The maximum absolute atomic E-state index is 4.29. The van der Waals surface area contributed by atoms with Crippen molar-refractivity contribution >= 4 is 5.65 Å². The van der Waals surface area contributed by atoms with E-state index in [4.69, 9.17) is 0 Å². The number of pyridine rings is 1. The number of nitrogens with one attached hydrogen (secondary N) is 1. The van der Waals surface area contributed by atoms with E-state index >= 15 is 0 Å². The molecule has 0 bridgehead atoms. The van der Waals surface area contributed by atoms with Crippen molar-refractivity contribution in [2.75, 3.05) is 6.54 Å². The molecular formula is C11H13N3. The number of nitrogens with zero attached hydrogens (tertiary/aromatic N) is 2. The molecule has 2 aromatic rings. The standard InChI is InChI=1S/C11H13N3/c1-2-10(12-4-1)9-3-6-14-7-5-13-11(14)8-9/h3,5-8,10,12H,1-2,4H2. The van der Waals surface area contributed by atoms with Crippen molar-refractivity contribution in [1.29, 1.82) is 0 Å². The highest BCUT2D eigenvalue weighted by molar-refractivity contribution is 5.42. The van der Waals surface area contributed by atoms with Gasteiger partial charge in [0.2, 0.25) is 0 Å². The molecule has 3 nitrogen and oxygen atoms in total. The van der Waals surface area contributed by atoms with E-state index < -0.39 is 0 Å². The summed E-state index contributed by atoms with van der Waals surface area (Å²) in [6.07, 6.45) is 8.42. The first-order chi connectivity index (χ1) is 6.93. The van der Waals surface area contributed by atoms with Crippen LogP contribution in [0.15, 0.2) is 30.7 Å². The van der Waals surface area contributed by atoms with E-state index in [1.54, 1.807) is 0 Å². The van der Waals surface area contributed by atoms with E-state index in [1.807, 2.05) is 16.8 Å². The quantitative estimate of drug-likeness (QED) is 0.737. The van der Waals surface area contributed by atoms with Crippen molar-refractivity contribution in [3.63, 3.8) is 0 Å². The van der Waals surface area contributed by atoms with E-state index in [1.165, 1.54) is 18.4 Å². The molecule has 3 rings (SSSR count). The summed E-state index contributed by atoms with van der Waals surface area (Å²) in [5.41, 5.74) is 2.40. The number of imidazole rings is 1. The first kappa shape index (κ1) is 8.00. The Hall–Kier alpha value is -1.35. The molecule has 1 N–H and O–H groups in total. The van der Waals surface area contributed by atoms with Gasteiger partial charge in [-0.3, -0.25) is 0 Å². The van der Waals surface area contributed by atoms with Crippen LogP contribution < -0.4 is 5.32 Å². The molecule has 1 fully saturated rings. The van der Waals surface area contributed by atoms with E-state index in [2.05, 4.69) is 28.6 Å². The van der Waals surface area contributed by atoms with Gasteiger partial charge in [0, 0.05) is 24.6 Å². The van der Waals surface area contributed by atoms with Crippen molar-refractivity contribution in [1.82, 2.24) is 14.7 Å². The molecule has 1 aliphatic rings. The minimum Gasteiger partial charge on any atom is -0.310 e. The summed E-state index contributed by atoms with van der Waals surface area (Å²) in [7, 11) is 0. The lowest BCUT2D eigenvalue weighted by molar-refractivity contribution is 0.647. The lowest BCUT2D eigenvalue weighted by Crippen LogP contribution is -2.12. The SMILES string of the molecule is c1cn2ccc(C3CCCN3)cc2n1. The average Bonchev–Trinajstić information content (AvgIpc) is 2.88. The van der Waals surface area contributed by atoms with Gasteiger partial charge in [0.15, 0.2) is 0 Å². The Kier molecular flexibility index (Phi) is 1.77. The predicted octanol–water partition coefficient (Wildman–Crippen LogP) is 1.76. The lowest BCUT2D eigenvalue weighted by Gasteiger charge is -2.10. The third-order valence-electron chi connectivity index (χ3n) is 2.88. The molecule has 1 aliphatic heterocycles. The fourth-order valence-electron chi connectivity index (χ4n) is 2.11. The Morgan fingerprint density at radius 3 is 3.29 bits per heavy atom. The van der Waals surface area contributed by atoms with Crippen LogP contribution in [-0.2, 0) is 0 Å². The van der Waals surface area contributed by atoms with Gasteiger partial charge in [0.25, 0.3) is 0 Å². The predicted molar refractivity (Wildman–Crippen MR) is 55.2 cm³/mol. The second-order valence-electron chi connectivity index (χ2n) is 3.80. The lowest BCUT2D eigenvalue weighted by atomic mass is 10.1. The van der Waals surface area contributed by atoms with E-state index in [-0.39, 0.29) is 0 Å². The Morgan fingerprint density at radius 2 is 2.43 bits per heavy atom. The highest BCUT2D eigenvalue weighted by Crippen LogP contribution is 2.23. The van der Waals surface area contributed by atoms with Crippen molar-refractivity contribution in [2.45, 2.75) is 18.9 Å². The Bertz CT molecular complexity index is 440. The summed E-state index contributed by atoms with van der Waals surface area (Å²) in [5.74, 6) is 0. The van der Waals surface area contributed by atoms with Gasteiger partial charge in [-0.05, 0) is 37.1 Å². The van der Waals surface area contributed by atoms with Crippen LogP contribution in [0.3, 0.4) is 0 Å². The molecule has 0 aliphatic carbocycles. The molecule has 14 heavy (non-hydrogen) atoms. The van der Waals surface area contributed by atoms with Gasteiger partial charge in [0.1, 0.15) is 5.65 Å². The van der Waals surface area contributed by atoms with Crippen LogP contribution in [0.4, 0.5) is 0 Å². The van der Waals surface area contributed by atoms with Crippen LogP contribution in [0.25, 0.3) is 5.65 Å². The Morgan fingerprint density at radius 1 is 1.43 bits per heavy atom. The molecule has 3 heterocycles. The number of hydrogen-bond donors (Lipinski definition) is 1. The van der Waals surface area contributed by atoms with Gasteiger partial charge in [-0.25, -0.2) is 4.98 Å². The zero-order chi connectivity index (χ0) is 9.38. The smallest absolute Gasteiger partial charge is 0.136 e. The number of aromatic nitrogens is 2. The minimum atomic E-state index is 0.539. The highest BCUT2D eigenvalue weighted by atomic mass is 15.0. The maximum atomic E-state index is 4.29. The average molecular weight is 187 g/mol. The number of fused-ring (bicyclic) bond motifs is 1. The Balaban J connectivity index is 2.04. The molecule has 1 atom stereocenters. The summed E-state index contributed by atoms with van der Waals surface area (Å²) >= 11 is 0. The Labute approximate surface area is 82.8 Å². The zero-order valence-electron chi connectivity index (χ0n) is 7.98. The van der Waals surface area contributed by atoms with E-state index in [0.717, 1.165) is 12.2 Å². The van der Waals surface area contributed by atoms with Crippen LogP contribution in [0.1, 0.15) is 24.4 Å². The first-order valence-electron chi connectivity index (χ1n) is 5.09. The normalized spacial score (nSPS) is 21.9. The zero-order valence-corrected chi connectivity index (χ0v) is 7.98. The van der Waals surface area contributed by atoms with Crippen LogP contribution in [-0.4, -0.2) is 15.9 Å². The van der Waals surface area contributed by atoms with Crippen molar-refractivity contribution in [2.24, 2.45) is 0 Å². The number of rotatable bonds is 1. The van der Waals surface area contributed by atoms with Crippen LogP contribution in [0, 0.1) is 0 Å². The molecule has 0 saturated carbocycles. The van der Waals surface area contributed by atoms with Crippen molar-refractivity contribution in [3.8, 4) is 0 Å². The molecule has 0 spiro atoms. The van der Waals surface area contributed by atoms with Gasteiger partial charge in [-0.1, -0.05) is 0 Å². The van der Waals surface area contributed by atoms with Gasteiger partial charge in [-0.2, -0.15) is 0 Å². The van der Waals surface area contributed by atoms with Crippen molar-refractivity contribution in [3.05, 3.63) is 36.3 Å². The third kappa shape index (κ3) is 1.21. The summed E-state index contributed by atoms with van der Waals surface area (Å²) in [6.45, 7) is 1.14. The summed E-state index contributed by atoms with van der Waals surface area (Å²) in [6, 6.07) is 4.89. The van der Waals surface area contributed by atoms with E-state index in [9.17, 15) is 0 Å². The van der Waals surface area contributed by atoms with Gasteiger partial charge >= 0.3 is 0 Å². The molecule has 0 radical (unpaired) electrons. The maximum Gasteiger partial charge on any atom is 0.136 e. The topological polar surface area (TPSA) is 29.3 Å². The van der Waals surface area contributed by atoms with Crippen molar-refractivity contribution < 1.29 is 0 Å². The summed E-state index contributed by atoms with van der Waals surface area (Å²) in [4.78, 5) is 4.29. The van der Waals surface area contributed by atoms with Crippen LogP contribution in [0.2, 0.25) is 0 Å². The molecule has 72 valence electrons. The summed E-state index contributed by atoms with van der Waals surface area (Å²) < 4.78 is 2.04. The molecule has 1 unspecified atom stereocenters. The second-order valence-corrected chi connectivity index (χ2v) is 3.80. The molecule has 0 aromatic carbocycles. The largest absolute Gasteiger partial charge is 0.310 e. The fourth-order valence-corrected chi connectivity index (χ4v) is 2.11. The second kappa shape index (κ2) is 3.10. The van der Waals surface area contributed by atoms with Gasteiger partial charge < -0.3 is 9.72 Å². The highest BCUT2D eigenvalue weighted by Gasteiger charge is 2.16. The third-order valence-corrected chi connectivity index (χ3v) is 2.88. The fraction of sp³-hybridized carbons (Fsp3) is 0.364. The molecule has 0 amide bonds.